The van der Waals surface area contributed by atoms with Gasteiger partial charge in [-0.1, -0.05) is 31.5 Å². The first kappa shape index (κ1) is 11.9. The molecule has 1 aliphatic rings. The second kappa shape index (κ2) is 5.15. The van der Waals surface area contributed by atoms with Crippen LogP contribution in [0.25, 0.3) is 0 Å². The summed E-state index contributed by atoms with van der Waals surface area (Å²) in [5, 5.41) is 0.595. The molecular formula is C13H19ClN2. The average molecular weight is 239 g/mol. The topological polar surface area (TPSA) is 16.1 Å². The Morgan fingerprint density at radius 2 is 2.31 bits per heavy atom. The van der Waals surface area contributed by atoms with Crippen LogP contribution in [0.5, 0.6) is 0 Å². The number of aromatic nitrogens is 1. The monoisotopic (exact) mass is 238 g/mol. The first-order chi connectivity index (χ1) is 7.66. The van der Waals surface area contributed by atoms with Gasteiger partial charge in [-0.2, -0.15) is 0 Å². The van der Waals surface area contributed by atoms with Crippen LogP contribution in [0.1, 0.15) is 32.4 Å². The Labute approximate surface area is 103 Å². The van der Waals surface area contributed by atoms with Gasteiger partial charge in [-0.05, 0) is 37.4 Å². The van der Waals surface area contributed by atoms with Crippen molar-refractivity contribution in [2.45, 2.75) is 39.3 Å². The van der Waals surface area contributed by atoms with Crippen LogP contribution < -0.4 is 0 Å². The Hall–Kier alpha value is -0.600. The van der Waals surface area contributed by atoms with E-state index in [4.69, 9.17) is 11.6 Å². The van der Waals surface area contributed by atoms with Gasteiger partial charge in [0.25, 0.3) is 0 Å². The summed E-state index contributed by atoms with van der Waals surface area (Å²) in [6.45, 7) is 6.73. The van der Waals surface area contributed by atoms with Crippen molar-refractivity contribution in [2.75, 3.05) is 6.54 Å². The molecule has 2 rings (SSSR count). The fraction of sp³-hybridized carbons (Fsp3) is 0.615. The Balaban J connectivity index is 2.04. The zero-order valence-corrected chi connectivity index (χ0v) is 10.7. The van der Waals surface area contributed by atoms with Gasteiger partial charge in [-0.25, -0.2) is 4.98 Å². The molecule has 1 saturated heterocycles. The van der Waals surface area contributed by atoms with Gasteiger partial charge in [-0.15, -0.1) is 0 Å². The molecule has 1 aromatic rings. The van der Waals surface area contributed by atoms with Gasteiger partial charge < -0.3 is 0 Å². The van der Waals surface area contributed by atoms with Crippen LogP contribution in [0.15, 0.2) is 18.2 Å². The molecule has 1 fully saturated rings. The number of pyridine rings is 1. The van der Waals surface area contributed by atoms with E-state index in [0.29, 0.717) is 11.2 Å². The number of hydrogen-bond donors (Lipinski definition) is 0. The molecule has 16 heavy (non-hydrogen) atoms. The molecule has 0 spiro atoms. The quantitative estimate of drug-likeness (QED) is 0.751. The molecule has 1 aliphatic heterocycles. The van der Waals surface area contributed by atoms with Crippen LogP contribution in [0.2, 0.25) is 5.15 Å². The lowest BCUT2D eigenvalue weighted by Crippen LogP contribution is -2.33. The lowest BCUT2D eigenvalue weighted by molar-refractivity contribution is 0.197. The molecule has 0 N–H and O–H groups in total. The van der Waals surface area contributed by atoms with E-state index >= 15 is 0 Å². The number of halogens is 1. The minimum atomic E-state index is 0.595. The molecule has 0 radical (unpaired) electrons. The normalized spacial score (nSPS) is 21.9. The predicted molar refractivity (Wildman–Crippen MR) is 67.5 cm³/mol. The summed E-state index contributed by atoms with van der Waals surface area (Å²) < 4.78 is 0. The zero-order valence-electron chi connectivity index (χ0n) is 9.99. The third-order valence-corrected chi connectivity index (χ3v) is 3.53. The Kier molecular flexibility index (Phi) is 3.82. The second-order valence-electron chi connectivity index (χ2n) is 4.88. The van der Waals surface area contributed by atoms with Crippen molar-refractivity contribution < 1.29 is 0 Å². The summed E-state index contributed by atoms with van der Waals surface area (Å²) in [6, 6.07) is 6.57. The van der Waals surface area contributed by atoms with Crippen molar-refractivity contribution in [2.24, 2.45) is 5.92 Å². The van der Waals surface area contributed by atoms with E-state index in [1.807, 2.05) is 12.1 Å². The molecule has 2 nitrogen and oxygen atoms in total. The van der Waals surface area contributed by atoms with E-state index in [1.165, 1.54) is 19.4 Å². The lowest BCUT2D eigenvalue weighted by Gasteiger charge is -2.27. The Bertz CT molecular complexity index is 352. The summed E-state index contributed by atoms with van der Waals surface area (Å²) in [5.41, 5.74) is 1.08. The molecule has 3 heteroatoms. The molecule has 1 atom stereocenters. The fourth-order valence-corrected chi connectivity index (χ4v) is 2.73. The summed E-state index contributed by atoms with van der Waals surface area (Å²) in [6.07, 6.45) is 2.63. The van der Waals surface area contributed by atoms with Crippen molar-refractivity contribution in [1.29, 1.82) is 0 Å². The van der Waals surface area contributed by atoms with Crippen LogP contribution in [-0.4, -0.2) is 22.5 Å². The first-order valence-electron chi connectivity index (χ1n) is 6.02. The third kappa shape index (κ3) is 2.74. The molecule has 0 aliphatic carbocycles. The highest BCUT2D eigenvalue weighted by Gasteiger charge is 2.26. The fourth-order valence-electron chi connectivity index (χ4n) is 2.55. The number of nitrogens with zero attached hydrogens (tertiary/aromatic N) is 2. The number of rotatable bonds is 3. The smallest absolute Gasteiger partial charge is 0.129 e. The third-order valence-electron chi connectivity index (χ3n) is 3.32. The largest absolute Gasteiger partial charge is 0.294 e. The standard InChI is InChI=1S/C13H19ClN2/c1-10(2)12-6-4-8-16(12)9-11-5-3-7-13(14)15-11/h3,5,7,10,12H,4,6,8-9H2,1-2H3. The molecule has 2 heterocycles. The van der Waals surface area contributed by atoms with Gasteiger partial charge in [0.2, 0.25) is 0 Å². The maximum Gasteiger partial charge on any atom is 0.129 e. The van der Waals surface area contributed by atoms with Crippen LogP contribution in [0.4, 0.5) is 0 Å². The zero-order chi connectivity index (χ0) is 11.5. The minimum absolute atomic E-state index is 0.595. The van der Waals surface area contributed by atoms with E-state index in [-0.39, 0.29) is 0 Å². The van der Waals surface area contributed by atoms with Gasteiger partial charge >= 0.3 is 0 Å². The molecule has 0 saturated carbocycles. The van der Waals surface area contributed by atoms with E-state index in [1.54, 1.807) is 0 Å². The van der Waals surface area contributed by atoms with E-state index in [0.717, 1.165) is 18.2 Å². The van der Waals surface area contributed by atoms with Crippen LogP contribution in [-0.2, 0) is 6.54 Å². The highest BCUT2D eigenvalue weighted by Crippen LogP contribution is 2.25. The Morgan fingerprint density at radius 3 is 3.00 bits per heavy atom. The van der Waals surface area contributed by atoms with E-state index in [9.17, 15) is 0 Å². The molecule has 88 valence electrons. The van der Waals surface area contributed by atoms with Gasteiger partial charge in [0.15, 0.2) is 0 Å². The molecule has 1 aromatic heterocycles. The van der Waals surface area contributed by atoms with Crippen molar-refractivity contribution in [3.8, 4) is 0 Å². The van der Waals surface area contributed by atoms with Gasteiger partial charge in [0.05, 0.1) is 5.69 Å². The number of likely N-dealkylation sites (tertiary alicyclic amines) is 1. The number of hydrogen-bond acceptors (Lipinski definition) is 2. The van der Waals surface area contributed by atoms with Crippen molar-refractivity contribution in [3.63, 3.8) is 0 Å². The highest BCUT2D eigenvalue weighted by molar-refractivity contribution is 6.29. The summed E-state index contributed by atoms with van der Waals surface area (Å²) in [4.78, 5) is 6.89. The van der Waals surface area contributed by atoms with E-state index < -0.39 is 0 Å². The van der Waals surface area contributed by atoms with Crippen molar-refractivity contribution in [1.82, 2.24) is 9.88 Å². The maximum atomic E-state index is 5.90. The van der Waals surface area contributed by atoms with Crippen LogP contribution in [0, 0.1) is 5.92 Å². The average Bonchev–Trinajstić information content (AvgIpc) is 2.66. The molecule has 1 unspecified atom stereocenters. The first-order valence-corrected chi connectivity index (χ1v) is 6.40. The van der Waals surface area contributed by atoms with Gasteiger partial charge in [0, 0.05) is 12.6 Å². The van der Waals surface area contributed by atoms with Crippen molar-refractivity contribution >= 4 is 11.6 Å². The summed E-state index contributed by atoms with van der Waals surface area (Å²) in [5.74, 6) is 0.724. The molecule has 0 amide bonds. The molecular weight excluding hydrogens is 220 g/mol. The maximum absolute atomic E-state index is 5.90. The van der Waals surface area contributed by atoms with Gasteiger partial charge in [0.1, 0.15) is 5.15 Å². The van der Waals surface area contributed by atoms with Gasteiger partial charge in [-0.3, -0.25) is 4.90 Å². The summed E-state index contributed by atoms with van der Waals surface area (Å²) >= 11 is 5.90. The van der Waals surface area contributed by atoms with Crippen LogP contribution in [0.3, 0.4) is 0 Å². The lowest BCUT2D eigenvalue weighted by atomic mass is 10.0. The highest BCUT2D eigenvalue weighted by atomic mass is 35.5. The Morgan fingerprint density at radius 1 is 1.50 bits per heavy atom. The summed E-state index contributed by atoms with van der Waals surface area (Å²) in [7, 11) is 0. The molecule has 0 aromatic carbocycles. The minimum Gasteiger partial charge on any atom is -0.294 e. The van der Waals surface area contributed by atoms with Crippen LogP contribution >= 0.6 is 11.6 Å². The molecule has 0 bridgehead atoms. The SMILES string of the molecule is CC(C)C1CCCN1Cc1cccc(Cl)n1. The van der Waals surface area contributed by atoms with E-state index in [2.05, 4.69) is 29.8 Å². The predicted octanol–water partition coefficient (Wildman–Crippen LogP) is 3.36. The van der Waals surface area contributed by atoms with Crippen molar-refractivity contribution in [3.05, 3.63) is 29.0 Å². The second-order valence-corrected chi connectivity index (χ2v) is 5.26.